The summed E-state index contributed by atoms with van der Waals surface area (Å²) >= 11 is 0. The highest BCUT2D eigenvalue weighted by Crippen LogP contribution is 2.40. The molecule has 1 saturated heterocycles. The lowest BCUT2D eigenvalue weighted by atomic mass is 9.82. The zero-order chi connectivity index (χ0) is 26.4. The van der Waals surface area contributed by atoms with E-state index in [0.29, 0.717) is 60.1 Å². The average molecular weight is 516 g/mol. The molecule has 2 N–H and O–H groups in total. The first-order valence-electron chi connectivity index (χ1n) is 12.3. The number of amidine groups is 1. The van der Waals surface area contributed by atoms with Crippen LogP contribution in [0, 0.1) is 7.05 Å². The van der Waals surface area contributed by atoms with Crippen LogP contribution in [0.5, 0.6) is 17.2 Å². The van der Waals surface area contributed by atoms with Crippen molar-refractivity contribution in [1.82, 2.24) is 26.0 Å². The van der Waals surface area contributed by atoms with Gasteiger partial charge in [0, 0.05) is 42.9 Å². The molecule has 3 aliphatic rings. The summed E-state index contributed by atoms with van der Waals surface area (Å²) < 4.78 is 17.4. The van der Waals surface area contributed by atoms with Crippen LogP contribution in [0.1, 0.15) is 45.7 Å². The minimum atomic E-state index is -0.646. The molecule has 2 aromatic carbocycles. The first kappa shape index (κ1) is 24.0. The molecule has 1 amide bonds. The van der Waals surface area contributed by atoms with Crippen LogP contribution < -0.4 is 25.3 Å². The molecule has 1 fully saturated rings. The Kier molecular flexibility index (Phi) is 5.79. The number of piperidine rings is 1. The standard InChI is InChI=1S/C27H27N6O5/c1-32-25(29-30-31-32)16-7-8-21-18(13-16)20(34)15-27(38-21)9-11-33(12-10-27)26(35)19-14-23(37-3)17-5-4-6-22(36-2)24(17)28-19/h4-8,13-14,30-31H,1,9-12,15H2,2-3H3. The van der Waals surface area contributed by atoms with Gasteiger partial charge in [0.15, 0.2) is 11.6 Å². The number of fused-ring (bicyclic) bond motifs is 2. The van der Waals surface area contributed by atoms with E-state index in [0.717, 1.165) is 10.9 Å². The van der Waals surface area contributed by atoms with Crippen molar-refractivity contribution in [3.05, 3.63) is 66.3 Å². The Bertz CT molecular complexity index is 1480. The first-order valence-corrected chi connectivity index (χ1v) is 12.3. The third-order valence-electron chi connectivity index (χ3n) is 7.34. The Morgan fingerprint density at radius 3 is 2.61 bits per heavy atom. The van der Waals surface area contributed by atoms with E-state index < -0.39 is 5.60 Å². The van der Waals surface area contributed by atoms with E-state index in [-0.39, 0.29) is 23.8 Å². The number of aromatic nitrogens is 1. The molecule has 1 spiro atoms. The van der Waals surface area contributed by atoms with Crippen molar-refractivity contribution in [3.63, 3.8) is 0 Å². The van der Waals surface area contributed by atoms with E-state index in [1.54, 1.807) is 43.4 Å². The normalized spacial score (nSPS) is 18.1. The van der Waals surface area contributed by atoms with Crippen molar-refractivity contribution < 1.29 is 23.8 Å². The maximum Gasteiger partial charge on any atom is 0.272 e. The molecule has 0 saturated carbocycles. The summed E-state index contributed by atoms with van der Waals surface area (Å²) in [6, 6.07) is 12.6. The fourth-order valence-electron chi connectivity index (χ4n) is 5.30. The van der Waals surface area contributed by atoms with E-state index in [4.69, 9.17) is 14.2 Å². The Labute approximate surface area is 219 Å². The molecule has 38 heavy (non-hydrogen) atoms. The van der Waals surface area contributed by atoms with Crippen LogP contribution >= 0.6 is 0 Å². The summed E-state index contributed by atoms with van der Waals surface area (Å²) in [7, 11) is 6.97. The molecule has 1 aromatic heterocycles. The van der Waals surface area contributed by atoms with Crippen LogP contribution in [0.2, 0.25) is 0 Å². The number of amides is 1. The maximum atomic E-state index is 13.5. The number of hydrogen-bond donors (Lipinski definition) is 2. The molecule has 1 radical (unpaired) electrons. The third-order valence-corrected chi connectivity index (χ3v) is 7.34. The van der Waals surface area contributed by atoms with E-state index in [9.17, 15) is 9.59 Å². The molecule has 6 rings (SSSR count). The number of ether oxygens (including phenoxy) is 3. The van der Waals surface area contributed by atoms with Crippen LogP contribution in [-0.2, 0) is 0 Å². The highest BCUT2D eigenvalue weighted by molar-refractivity contribution is 6.05. The third kappa shape index (κ3) is 3.95. The lowest BCUT2D eigenvalue weighted by Crippen LogP contribution is -2.52. The molecule has 0 bridgehead atoms. The quantitative estimate of drug-likeness (QED) is 0.541. The van der Waals surface area contributed by atoms with Gasteiger partial charge in [-0.1, -0.05) is 6.07 Å². The number of rotatable bonds is 4. The topological polar surface area (TPSA) is 118 Å². The van der Waals surface area contributed by atoms with E-state index in [1.165, 1.54) is 5.01 Å². The Hall–Kier alpha value is -4.38. The highest BCUT2D eigenvalue weighted by Gasteiger charge is 2.44. The zero-order valence-electron chi connectivity index (χ0n) is 21.1. The van der Waals surface area contributed by atoms with Crippen LogP contribution in [-0.4, -0.2) is 65.3 Å². The number of nitrogens with zero attached hydrogens (tertiary/aromatic N) is 4. The number of pyridine rings is 1. The van der Waals surface area contributed by atoms with Gasteiger partial charge in [0.1, 0.15) is 34.1 Å². The molecular weight excluding hydrogens is 488 g/mol. The van der Waals surface area contributed by atoms with Crippen LogP contribution in [0.25, 0.3) is 10.9 Å². The Morgan fingerprint density at radius 2 is 1.89 bits per heavy atom. The van der Waals surface area contributed by atoms with Crippen molar-refractivity contribution in [3.8, 4) is 17.2 Å². The predicted octanol–water partition coefficient (Wildman–Crippen LogP) is 2.67. The van der Waals surface area contributed by atoms with E-state index >= 15 is 0 Å². The Balaban J connectivity index is 1.20. The number of carbonyl (C=O) groups is 2. The number of hydrazine groups is 2. The second-order valence-electron chi connectivity index (χ2n) is 9.54. The number of para-hydroxylation sites is 1. The van der Waals surface area contributed by atoms with Gasteiger partial charge < -0.3 is 19.1 Å². The van der Waals surface area contributed by atoms with Gasteiger partial charge in [0.2, 0.25) is 0 Å². The molecule has 11 heteroatoms. The van der Waals surface area contributed by atoms with Gasteiger partial charge >= 0.3 is 0 Å². The first-order chi connectivity index (χ1) is 18.4. The van der Waals surface area contributed by atoms with Gasteiger partial charge in [-0.25, -0.2) is 10.5 Å². The van der Waals surface area contributed by atoms with Crippen LogP contribution in [0.3, 0.4) is 0 Å². The fraction of sp³-hybridized carbons (Fsp3) is 0.296. The molecule has 11 nitrogen and oxygen atoms in total. The van der Waals surface area contributed by atoms with Gasteiger partial charge in [0.05, 0.1) is 33.3 Å². The van der Waals surface area contributed by atoms with Gasteiger partial charge in [-0.3, -0.25) is 14.6 Å². The molecular formula is C27H27N6O5. The second-order valence-corrected chi connectivity index (χ2v) is 9.54. The van der Waals surface area contributed by atoms with Gasteiger partial charge in [-0.15, -0.1) is 10.6 Å². The number of ketones is 1. The number of nitrogens with one attached hydrogen (secondary N) is 2. The average Bonchev–Trinajstić information content (AvgIpc) is 3.37. The minimum Gasteiger partial charge on any atom is -0.496 e. The number of Topliss-reactive ketones (excluding diaryl/α,β-unsaturated/α-hetero) is 1. The van der Waals surface area contributed by atoms with Crippen LogP contribution in [0.15, 0.2) is 47.6 Å². The number of likely N-dealkylation sites (tertiary alicyclic amines) is 1. The summed E-state index contributed by atoms with van der Waals surface area (Å²) in [5, 5.41) is 6.40. The van der Waals surface area contributed by atoms with Crippen molar-refractivity contribution >= 4 is 28.4 Å². The van der Waals surface area contributed by atoms with Gasteiger partial charge in [-0.2, -0.15) is 0 Å². The number of benzene rings is 2. The number of carbonyl (C=O) groups excluding carboxylic acids is 2. The summed E-state index contributed by atoms with van der Waals surface area (Å²) in [5.41, 5.74) is 6.87. The van der Waals surface area contributed by atoms with Gasteiger partial charge in [-0.05, 0) is 30.3 Å². The smallest absolute Gasteiger partial charge is 0.272 e. The molecule has 4 heterocycles. The highest BCUT2D eigenvalue weighted by atomic mass is 16.5. The summed E-state index contributed by atoms with van der Waals surface area (Å²) in [5.74, 6) is 2.06. The summed E-state index contributed by atoms with van der Waals surface area (Å²) in [6.45, 7) is 0.885. The predicted molar refractivity (Wildman–Crippen MR) is 139 cm³/mol. The molecule has 195 valence electrons. The lowest BCUT2D eigenvalue weighted by molar-refractivity contribution is -0.00585. The largest absolute Gasteiger partial charge is 0.496 e. The zero-order valence-corrected chi connectivity index (χ0v) is 21.1. The maximum absolute atomic E-state index is 13.5. The lowest BCUT2D eigenvalue weighted by Gasteiger charge is -2.44. The minimum absolute atomic E-state index is 0.0102. The fourth-order valence-corrected chi connectivity index (χ4v) is 5.30. The molecule has 3 aliphatic heterocycles. The van der Waals surface area contributed by atoms with Crippen molar-refractivity contribution in [2.45, 2.75) is 24.9 Å². The van der Waals surface area contributed by atoms with Crippen molar-refractivity contribution in [2.75, 3.05) is 27.3 Å². The van der Waals surface area contributed by atoms with Crippen molar-refractivity contribution in [1.29, 1.82) is 0 Å². The molecule has 0 unspecified atom stereocenters. The van der Waals surface area contributed by atoms with Crippen molar-refractivity contribution in [2.24, 2.45) is 5.10 Å². The molecule has 0 aliphatic carbocycles. The molecule has 0 atom stereocenters. The van der Waals surface area contributed by atoms with E-state index in [2.05, 4.69) is 28.2 Å². The SMILES string of the molecule is [CH2]N1NNN=C1c1ccc2c(c1)C(=O)CC1(CCN(C(=O)c3cc(OC)c4cccc(OC)c4n3)CC1)O2. The van der Waals surface area contributed by atoms with E-state index in [1.807, 2.05) is 18.2 Å². The number of methoxy groups -OCH3 is 2. The number of hydrogen-bond acceptors (Lipinski definition) is 10. The van der Waals surface area contributed by atoms with Gasteiger partial charge in [0.25, 0.3) is 5.91 Å². The Morgan fingerprint density at radius 1 is 1.11 bits per heavy atom. The number of hydrazone groups is 1. The second kappa shape index (κ2) is 9.18. The van der Waals surface area contributed by atoms with Crippen LogP contribution in [0.4, 0.5) is 0 Å². The summed E-state index contributed by atoms with van der Waals surface area (Å²) in [4.78, 5) is 33.0. The monoisotopic (exact) mass is 515 g/mol. The summed E-state index contributed by atoms with van der Waals surface area (Å²) in [6.07, 6.45) is 1.32. The molecule has 3 aromatic rings.